The molecule has 4 N–H and O–H groups in total. The van der Waals surface area contributed by atoms with Gasteiger partial charge in [-0.05, 0) is 47.0 Å². The maximum atomic E-state index is 11.6. The van der Waals surface area contributed by atoms with Crippen molar-refractivity contribution in [2.45, 2.75) is 58.6 Å². The van der Waals surface area contributed by atoms with E-state index in [-0.39, 0.29) is 18.8 Å². The van der Waals surface area contributed by atoms with Crippen molar-refractivity contribution in [2.24, 2.45) is 5.16 Å². The van der Waals surface area contributed by atoms with E-state index in [1.54, 1.807) is 20.8 Å². The minimum atomic E-state index is -1.15. The lowest BCUT2D eigenvalue weighted by molar-refractivity contribution is -0.139. The van der Waals surface area contributed by atoms with Gasteiger partial charge in [-0.3, -0.25) is 5.21 Å². The number of amides is 1. The molecule has 0 aromatic heterocycles. The number of amidine groups is 1. The van der Waals surface area contributed by atoms with E-state index >= 15 is 0 Å². The number of rotatable bonds is 7. The number of alkyl carbamates (subject to hydrolysis) is 1. The highest BCUT2D eigenvalue weighted by molar-refractivity contribution is 5.80. The highest BCUT2D eigenvalue weighted by atomic mass is 16.6. The third-order valence-corrected chi connectivity index (χ3v) is 2.62. The number of nitrogens with zero attached hydrogens (tertiary/aromatic N) is 2. The van der Waals surface area contributed by atoms with Gasteiger partial charge in [0, 0.05) is 6.54 Å². The molecule has 0 radical (unpaired) electrons. The zero-order valence-corrected chi connectivity index (χ0v) is 13.4. The van der Waals surface area contributed by atoms with Crippen LogP contribution in [0.2, 0.25) is 0 Å². The van der Waals surface area contributed by atoms with E-state index in [1.807, 2.05) is 0 Å². The number of hydrogen-bond donors (Lipinski definition) is 4. The molecule has 22 heavy (non-hydrogen) atoms. The standard InChI is InChI=1S/C13H25N3O6/c1-9(15-20)16(21)8-6-5-7-10(11(17)18)14-12(19)22-13(2,3)4/h10,20-21H,5-8H2,1-4H3,(H,14,19)(H,17,18). The van der Waals surface area contributed by atoms with Crippen LogP contribution >= 0.6 is 0 Å². The number of unbranched alkanes of at least 4 members (excludes halogenated alkanes) is 1. The first-order valence-electron chi connectivity index (χ1n) is 6.94. The Labute approximate surface area is 129 Å². The van der Waals surface area contributed by atoms with Gasteiger partial charge in [0.25, 0.3) is 0 Å². The van der Waals surface area contributed by atoms with Gasteiger partial charge in [-0.15, -0.1) is 0 Å². The van der Waals surface area contributed by atoms with Crippen LogP contribution in [-0.2, 0) is 9.53 Å². The van der Waals surface area contributed by atoms with Crippen molar-refractivity contribution >= 4 is 17.9 Å². The quantitative estimate of drug-likeness (QED) is 0.184. The van der Waals surface area contributed by atoms with Crippen molar-refractivity contribution in [1.29, 1.82) is 0 Å². The topological polar surface area (TPSA) is 132 Å². The van der Waals surface area contributed by atoms with Gasteiger partial charge in [-0.2, -0.15) is 0 Å². The molecule has 0 aliphatic heterocycles. The molecule has 0 aromatic carbocycles. The van der Waals surface area contributed by atoms with Crippen molar-refractivity contribution in [2.75, 3.05) is 6.54 Å². The number of hydrogen-bond acceptors (Lipinski definition) is 6. The monoisotopic (exact) mass is 319 g/mol. The third kappa shape index (κ3) is 9.01. The lowest BCUT2D eigenvalue weighted by Gasteiger charge is -2.22. The van der Waals surface area contributed by atoms with E-state index in [1.165, 1.54) is 6.92 Å². The SMILES string of the molecule is CC(=NO)N(O)CCCCC(NC(=O)OC(C)(C)C)C(=O)O. The normalized spacial score (nSPS) is 13.4. The number of oxime groups is 1. The van der Waals surface area contributed by atoms with E-state index < -0.39 is 23.7 Å². The van der Waals surface area contributed by atoms with E-state index in [9.17, 15) is 14.8 Å². The summed E-state index contributed by atoms with van der Waals surface area (Å²) in [6, 6.07) is -1.06. The average molecular weight is 319 g/mol. The summed E-state index contributed by atoms with van der Waals surface area (Å²) in [7, 11) is 0. The number of hydroxylamine groups is 2. The molecular weight excluding hydrogens is 294 g/mol. The lowest BCUT2D eigenvalue weighted by atomic mass is 10.1. The van der Waals surface area contributed by atoms with Crippen molar-refractivity contribution in [3.63, 3.8) is 0 Å². The molecule has 0 saturated carbocycles. The summed E-state index contributed by atoms with van der Waals surface area (Å²) in [6.45, 7) is 6.66. The molecule has 0 fully saturated rings. The van der Waals surface area contributed by atoms with Gasteiger partial charge in [-0.25, -0.2) is 14.7 Å². The molecule has 0 spiro atoms. The summed E-state index contributed by atoms with van der Waals surface area (Å²) in [6.07, 6.45) is 0.315. The molecule has 1 amide bonds. The summed E-state index contributed by atoms with van der Waals surface area (Å²) in [4.78, 5) is 22.7. The minimum Gasteiger partial charge on any atom is -0.480 e. The van der Waals surface area contributed by atoms with Crippen molar-refractivity contribution in [1.82, 2.24) is 10.4 Å². The highest BCUT2D eigenvalue weighted by Gasteiger charge is 2.23. The van der Waals surface area contributed by atoms with Crippen LogP contribution < -0.4 is 5.32 Å². The number of carboxylic acids is 1. The summed E-state index contributed by atoms with van der Waals surface area (Å²) >= 11 is 0. The first-order chi connectivity index (χ1) is 10.1. The van der Waals surface area contributed by atoms with Gasteiger partial charge < -0.3 is 20.4 Å². The van der Waals surface area contributed by atoms with Crippen LogP contribution in [0.4, 0.5) is 4.79 Å². The lowest BCUT2D eigenvalue weighted by Crippen LogP contribution is -2.43. The van der Waals surface area contributed by atoms with Gasteiger partial charge in [0.15, 0.2) is 5.84 Å². The highest BCUT2D eigenvalue weighted by Crippen LogP contribution is 2.08. The van der Waals surface area contributed by atoms with Crippen LogP contribution in [0, 0.1) is 0 Å². The van der Waals surface area contributed by atoms with Gasteiger partial charge in [-0.1, -0.05) is 5.16 Å². The average Bonchev–Trinajstić information content (AvgIpc) is 2.38. The van der Waals surface area contributed by atoms with Gasteiger partial charge >= 0.3 is 12.1 Å². The Hall–Kier alpha value is -2.03. The largest absolute Gasteiger partial charge is 0.480 e. The number of aliphatic carboxylic acids is 1. The van der Waals surface area contributed by atoms with E-state index in [0.717, 1.165) is 5.06 Å². The van der Waals surface area contributed by atoms with Crippen molar-refractivity contribution in [3.05, 3.63) is 0 Å². The first kappa shape index (κ1) is 20.0. The number of carbonyl (C=O) groups is 2. The molecule has 1 unspecified atom stereocenters. The Morgan fingerprint density at radius 2 is 1.91 bits per heavy atom. The molecule has 1 atom stereocenters. The fourth-order valence-electron chi connectivity index (χ4n) is 1.53. The first-order valence-corrected chi connectivity index (χ1v) is 6.94. The van der Waals surface area contributed by atoms with Crippen LogP contribution in [0.3, 0.4) is 0 Å². The summed E-state index contributed by atoms with van der Waals surface area (Å²) in [5.74, 6) is -1.11. The maximum absolute atomic E-state index is 11.6. The Kier molecular flexibility index (Phi) is 8.24. The number of carbonyl (C=O) groups excluding carboxylic acids is 1. The molecule has 0 aliphatic carbocycles. The molecule has 0 rings (SSSR count). The molecule has 9 nitrogen and oxygen atoms in total. The second-order valence-corrected chi connectivity index (χ2v) is 5.80. The van der Waals surface area contributed by atoms with Crippen LogP contribution in [0.15, 0.2) is 5.16 Å². The Morgan fingerprint density at radius 1 is 1.32 bits per heavy atom. The number of ether oxygens (including phenoxy) is 1. The predicted molar refractivity (Wildman–Crippen MR) is 78.0 cm³/mol. The van der Waals surface area contributed by atoms with Gasteiger partial charge in [0.2, 0.25) is 0 Å². The zero-order valence-electron chi connectivity index (χ0n) is 13.4. The predicted octanol–water partition coefficient (Wildman–Crippen LogP) is 1.63. The van der Waals surface area contributed by atoms with Crippen LogP contribution in [-0.4, -0.2) is 56.7 Å². The minimum absolute atomic E-state index is 0.0432. The zero-order chi connectivity index (χ0) is 17.3. The second-order valence-electron chi connectivity index (χ2n) is 5.80. The van der Waals surface area contributed by atoms with E-state index in [4.69, 9.17) is 15.1 Å². The molecule has 9 heteroatoms. The Bertz CT molecular complexity index is 405. The molecule has 128 valence electrons. The summed E-state index contributed by atoms with van der Waals surface area (Å²) < 4.78 is 5.00. The summed E-state index contributed by atoms with van der Waals surface area (Å²) in [5, 5.41) is 32.8. The maximum Gasteiger partial charge on any atom is 0.408 e. The molecule has 0 heterocycles. The van der Waals surface area contributed by atoms with Crippen molar-refractivity contribution < 1.29 is 29.8 Å². The van der Waals surface area contributed by atoms with E-state index in [2.05, 4.69) is 10.5 Å². The fraction of sp³-hybridized carbons (Fsp3) is 0.769. The molecule has 0 saturated heterocycles. The van der Waals surface area contributed by atoms with Crippen LogP contribution in [0.5, 0.6) is 0 Å². The summed E-state index contributed by atoms with van der Waals surface area (Å²) in [5.41, 5.74) is -0.703. The molecule has 0 aromatic rings. The van der Waals surface area contributed by atoms with Crippen LogP contribution in [0.25, 0.3) is 0 Å². The van der Waals surface area contributed by atoms with Crippen molar-refractivity contribution in [3.8, 4) is 0 Å². The smallest absolute Gasteiger partial charge is 0.408 e. The molecule has 0 aliphatic rings. The number of carboxylic acid groups (broad SMARTS) is 1. The fourth-order valence-corrected chi connectivity index (χ4v) is 1.53. The Balaban J connectivity index is 4.22. The van der Waals surface area contributed by atoms with E-state index in [0.29, 0.717) is 12.8 Å². The molecular formula is C13H25N3O6. The van der Waals surface area contributed by atoms with Gasteiger partial charge in [0.05, 0.1) is 0 Å². The van der Waals surface area contributed by atoms with Gasteiger partial charge in [0.1, 0.15) is 11.6 Å². The molecule has 0 bridgehead atoms. The Morgan fingerprint density at radius 3 is 2.36 bits per heavy atom. The van der Waals surface area contributed by atoms with Crippen LogP contribution in [0.1, 0.15) is 47.0 Å². The number of nitrogens with one attached hydrogen (secondary N) is 1. The third-order valence-electron chi connectivity index (χ3n) is 2.62. The second kappa shape index (κ2) is 9.08.